The summed E-state index contributed by atoms with van der Waals surface area (Å²) in [7, 11) is 0. The van der Waals surface area contributed by atoms with Crippen molar-refractivity contribution in [2.24, 2.45) is 0 Å². The van der Waals surface area contributed by atoms with Gasteiger partial charge in [-0.3, -0.25) is 0 Å². The quantitative estimate of drug-likeness (QED) is 0.457. The fraction of sp³-hybridized carbons (Fsp3) is 1.00. The van der Waals surface area contributed by atoms with Gasteiger partial charge in [-0.2, -0.15) is 0 Å². The van der Waals surface area contributed by atoms with E-state index in [4.69, 9.17) is 9.47 Å². The van der Waals surface area contributed by atoms with Crippen LogP contribution in [0.15, 0.2) is 0 Å². The van der Waals surface area contributed by atoms with Gasteiger partial charge in [-0.1, -0.05) is 0 Å². The number of hydrogen-bond acceptors (Lipinski definition) is 2. The fourth-order valence-electron chi connectivity index (χ4n) is 0.440. The molecular weight excluding hydrogens is 145 g/mol. The summed E-state index contributed by atoms with van der Waals surface area (Å²) in [5, 5.41) is 0. The van der Waals surface area contributed by atoms with Crippen LogP contribution in [-0.2, 0) is 29.0 Å². The van der Waals surface area contributed by atoms with E-state index in [0.717, 1.165) is 26.4 Å². The van der Waals surface area contributed by atoms with Gasteiger partial charge in [0, 0.05) is 19.5 Å². The van der Waals surface area contributed by atoms with Crippen LogP contribution in [0.5, 0.6) is 0 Å². The van der Waals surface area contributed by atoms with Gasteiger partial charge in [0.25, 0.3) is 0 Å². The second-order valence-electron chi connectivity index (χ2n) is 1.22. The molecule has 38 valence electrons. The molecule has 1 fully saturated rings. The van der Waals surface area contributed by atoms with Crippen LogP contribution in [0.2, 0.25) is 0 Å². The van der Waals surface area contributed by atoms with Crippen LogP contribution in [-0.4, -0.2) is 26.4 Å². The third-order valence-electron chi connectivity index (χ3n) is 0.744. The molecule has 0 atom stereocenters. The van der Waals surface area contributed by atoms with Gasteiger partial charge in [0.1, 0.15) is 0 Å². The van der Waals surface area contributed by atoms with Crippen molar-refractivity contribution in [3.63, 3.8) is 0 Å². The molecular formula is C4H8O2Zn. The maximum atomic E-state index is 4.94. The Balaban J connectivity index is 0.000000360. The zero-order chi connectivity index (χ0) is 4.24. The number of ether oxygens (including phenoxy) is 2. The van der Waals surface area contributed by atoms with E-state index in [-0.39, 0.29) is 19.5 Å². The molecule has 0 aromatic carbocycles. The third-order valence-corrected chi connectivity index (χ3v) is 0.744. The predicted molar refractivity (Wildman–Crippen MR) is 21.6 cm³/mol. The van der Waals surface area contributed by atoms with Crippen LogP contribution in [0.3, 0.4) is 0 Å². The first-order valence-electron chi connectivity index (χ1n) is 2.15. The Morgan fingerprint density at radius 2 is 1.00 bits per heavy atom. The summed E-state index contributed by atoms with van der Waals surface area (Å²) in [6.07, 6.45) is 0. The molecule has 1 aliphatic rings. The van der Waals surface area contributed by atoms with E-state index in [1.165, 1.54) is 0 Å². The Morgan fingerprint density at radius 3 is 1.14 bits per heavy atom. The van der Waals surface area contributed by atoms with E-state index < -0.39 is 0 Å². The van der Waals surface area contributed by atoms with Crippen LogP contribution in [0, 0.1) is 0 Å². The van der Waals surface area contributed by atoms with Gasteiger partial charge in [0.2, 0.25) is 0 Å². The summed E-state index contributed by atoms with van der Waals surface area (Å²) < 4.78 is 9.89. The first-order chi connectivity index (χ1) is 3.00. The largest absolute Gasteiger partial charge is 0.377 e. The second-order valence-corrected chi connectivity index (χ2v) is 1.22. The third kappa shape index (κ3) is 3.15. The molecule has 0 spiro atoms. The summed E-state index contributed by atoms with van der Waals surface area (Å²) in [6, 6.07) is 0. The molecule has 1 saturated heterocycles. The Hall–Kier alpha value is 0.543. The van der Waals surface area contributed by atoms with Crippen LogP contribution >= 0.6 is 0 Å². The van der Waals surface area contributed by atoms with Crippen LogP contribution < -0.4 is 0 Å². The van der Waals surface area contributed by atoms with Crippen molar-refractivity contribution >= 4 is 0 Å². The molecule has 0 aliphatic carbocycles. The standard InChI is InChI=1S/C4H8O2.Zn/c1-2-6-4-3-5-1;/h1-4H2;. The Labute approximate surface area is 55.9 Å². The van der Waals surface area contributed by atoms with Gasteiger partial charge < -0.3 is 9.47 Å². The minimum Gasteiger partial charge on any atom is -0.377 e. The van der Waals surface area contributed by atoms with E-state index >= 15 is 0 Å². The molecule has 7 heavy (non-hydrogen) atoms. The van der Waals surface area contributed by atoms with Crippen molar-refractivity contribution in [1.29, 1.82) is 0 Å². The van der Waals surface area contributed by atoms with Crippen molar-refractivity contribution in [2.75, 3.05) is 26.4 Å². The molecule has 1 aliphatic heterocycles. The molecule has 1 heterocycles. The summed E-state index contributed by atoms with van der Waals surface area (Å²) in [6.45, 7) is 3.11. The van der Waals surface area contributed by atoms with Crippen LogP contribution in [0.25, 0.3) is 0 Å². The van der Waals surface area contributed by atoms with E-state index in [1.54, 1.807) is 0 Å². The van der Waals surface area contributed by atoms with Gasteiger partial charge in [-0.25, -0.2) is 0 Å². The normalized spacial score (nSPS) is 20.6. The van der Waals surface area contributed by atoms with Crippen molar-refractivity contribution in [3.8, 4) is 0 Å². The van der Waals surface area contributed by atoms with Crippen LogP contribution in [0.1, 0.15) is 0 Å². The maximum Gasteiger partial charge on any atom is 0.0701 e. The Kier molecular flexibility index (Phi) is 5.06. The smallest absolute Gasteiger partial charge is 0.0701 e. The SMILES string of the molecule is C1COCCO1.[Zn]. The van der Waals surface area contributed by atoms with Crippen molar-refractivity contribution in [2.45, 2.75) is 0 Å². The minimum atomic E-state index is 0. The molecule has 2 nitrogen and oxygen atoms in total. The Morgan fingerprint density at radius 1 is 0.714 bits per heavy atom. The molecule has 0 bridgehead atoms. The molecule has 0 aromatic heterocycles. The number of hydrogen-bond donors (Lipinski definition) is 0. The van der Waals surface area contributed by atoms with Crippen molar-refractivity contribution < 1.29 is 29.0 Å². The average molecular weight is 153 g/mol. The first kappa shape index (κ1) is 7.54. The van der Waals surface area contributed by atoms with Crippen molar-refractivity contribution in [1.82, 2.24) is 0 Å². The average Bonchev–Trinajstić information content (AvgIpc) is 1.72. The molecule has 3 heteroatoms. The maximum absolute atomic E-state index is 4.94. The first-order valence-corrected chi connectivity index (χ1v) is 2.15. The summed E-state index contributed by atoms with van der Waals surface area (Å²) in [4.78, 5) is 0. The summed E-state index contributed by atoms with van der Waals surface area (Å²) in [5.41, 5.74) is 0. The Bertz CT molecular complexity index is 25.2. The van der Waals surface area contributed by atoms with Crippen LogP contribution in [0.4, 0.5) is 0 Å². The van der Waals surface area contributed by atoms with Gasteiger partial charge in [-0.05, 0) is 0 Å². The summed E-state index contributed by atoms with van der Waals surface area (Å²) in [5.74, 6) is 0. The molecule has 0 radical (unpaired) electrons. The van der Waals surface area contributed by atoms with E-state index in [2.05, 4.69) is 0 Å². The molecule has 0 N–H and O–H groups in total. The molecule has 0 unspecified atom stereocenters. The number of rotatable bonds is 0. The summed E-state index contributed by atoms with van der Waals surface area (Å²) >= 11 is 0. The zero-order valence-corrected chi connectivity index (χ0v) is 7.32. The minimum absolute atomic E-state index is 0. The van der Waals surface area contributed by atoms with Gasteiger partial charge in [0.05, 0.1) is 26.4 Å². The topological polar surface area (TPSA) is 18.5 Å². The van der Waals surface area contributed by atoms with Gasteiger partial charge >= 0.3 is 0 Å². The molecule has 1 rings (SSSR count). The van der Waals surface area contributed by atoms with E-state index in [0.29, 0.717) is 0 Å². The predicted octanol–water partition coefficient (Wildman–Crippen LogP) is 0.0307. The van der Waals surface area contributed by atoms with Crippen molar-refractivity contribution in [3.05, 3.63) is 0 Å². The van der Waals surface area contributed by atoms with Gasteiger partial charge in [-0.15, -0.1) is 0 Å². The second kappa shape index (κ2) is 4.70. The van der Waals surface area contributed by atoms with Gasteiger partial charge in [0.15, 0.2) is 0 Å². The molecule has 0 aromatic rings. The van der Waals surface area contributed by atoms with E-state index in [1.807, 2.05) is 0 Å². The molecule has 0 amide bonds. The molecule has 0 saturated carbocycles. The monoisotopic (exact) mass is 152 g/mol. The van der Waals surface area contributed by atoms with E-state index in [9.17, 15) is 0 Å². The fourth-order valence-corrected chi connectivity index (χ4v) is 0.440. The zero-order valence-electron chi connectivity index (χ0n) is 4.35.